The van der Waals surface area contributed by atoms with E-state index in [1.807, 2.05) is 0 Å². The van der Waals surface area contributed by atoms with Crippen LogP contribution in [0.1, 0.15) is 11.3 Å². The molecule has 0 saturated heterocycles. The van der Waals surface area contributed by atoms with Gasteiger partial charge in [-0.2, -0.15) is 18.3 Å². The highest BCUT2D eigenvalue weighted by Gasteiger charge is 2.40. The number of hydrogen-bond acceptors (Lipinski definition) is 3. The van der Waals surface area contributed by atoms with Crippen LogP contribution in [-0.2, 0) is 23.2 Å². The predicted molar refractivity (Wildman–Crippen MR) is 95.6 cm³/mol. The van der Waals surface area contributed by atoms with Crippen LogP contribution in [0.4, 0.5) is 23.4 Å². The molecule has 0 fully saturated rings. The summed E-state index contributed by atoms with van der Waals surface area (Å²) in [4.78, 5) is -0.143. The number of halogens is 4. The lowest BCUT2D eigenvalue weighted by molar-refractivity contribution is -0.143. The highest BCUT2D eigenvalue weighted by molar-refractivity contribution is 7.92. The Morgan fingerprint density at radius 2 is 1.71 bits per heavy atom. The molecule has 28 heavy (non-hydrogen) atoms. The first-order chi connectivity index (χ1) is 13.0. The minimum Gasteiger partial charge on any atom is -0.261 e. The van der Waals surface area contributed by atoms with Crippen LogP contribution in [0, 0.1) is 12.7 Å². The van der Waals surface area contributed by atoms with E-state index < -0.39 is 39.1 Å². The second-order valence-corrected chi connectivity index (χ2v) is 7.76. The lowest BCUT2D eigenvalue weighted by atomic mass is 10.0. The Kier molecular flexibility index (Phi) is 4.92. The number of hydrogen-bond donors (Lipinski definition) is 1. The maximum Gasteiger partial charge on any atom is 0.433 e. The number of nitrogens with zero attached hydrogens (tertiary/aromatic N) is 2. The Bertz CT molecular complexity index is 1120. The summed E-state index contributed by atoms with van der Waals surface area (Å²) in [6.07, 6.45) is -4.84. The Morgan fingerprint density at radius 1 is 1.07 bits per heavy atom. The largest absolute Gasteiger partial charge is 0.433 e. The van der Waals surface area contributed by atoms with Gasteiger partial charge in [-0.3, -0.25) is 9.40 Å². The molecule has 0 bridgehead atoms. The molecule has 3 aromatic rings. The number of nitrogens with one attached hydrogen (secondary N) is 1. The molecule has 1 heterocycles. The van der Waals surface area contributed by atoms with E-state index in [9.17, 15) is 26.0 Å². The molecule has 0 spiro atoms. The summed E-state index contributed by atoms with van der Waals surface area (Å²) in [6.45, 7) is 1.46. The standard InChI is InChI=1S/C18H15F4N3O2S/c1-11-8-9-12(10-14(11)19)15-16(18(20,21)22)25(2)23-17(15)24-28(26,27)13-6-4-3-5-7-13/h3-10H,1-2H3,(H,23,24). The molecule has 0 radical (unpaired) electrons. The Labute approximate surface area is 158 Å². The van der Waals surface area contributed by atoms with Gasteiger partial charge in [0, 0.05) is 7.05 Å². The normalized spacial score (nSPS) is 12.2. The Morgan fingerprint density at radius 3 is 2.29 bits per heavy atom. The summed E-state index contributed by atoms with van der Waals surface area (Å²) >= 11 is 0. The summed E-state index contributed by atoms with van der Waals surface area (Å²) in [5.74, 6) is -1.26. The smallest absolute Gasteiger partial charge is 0.261 e. The monoisotopic (exact) mass is 413 g/mol. The second-order valence-electron chi connectivity index (χ2n) is 6.08. The van der Waals surface area contributed by atoms with Crippen molar-refractivity contribution in [3.63, 3.8) is 0 Å². The van der Waals surface area contributed by atoms with Crippen LogP contribution < -0.4 is 4.72 Å². The van der Waals surface area contributed by atoms with E-state index in [1.165, 1.54) is 43.3 Å². The molecule has 148 valence electrons. The van der Waals surface area contributed by atoms with Crippen molar-refractivity contribution in [1.82, 2.24) is 9.78 Å². The molecule has 0 aliphatic heterocycles. The van der Waals surface area contributed by atoms with Crippen molar-refractivity contribution >= 4 is 15.8 Å². The lowest BCUT2D eigenvalue weighted by Gasteiger charge is -2.12. The third-order valence-electron chi connectivity index (χ3n) is 4.06. The van der Waals surface area contributed by atoms with E-state index in [2.05, 4.69) is 9.82 Å². The zero-order valence-electron chi connectivity index (χ0n) is 14.7. The number of anilines is 1. The van der Waals surface area contributed by atoms with E-state index in [-0.39, 0.29) is 16.0 Å². The average molecular weight is 413 g/mol. The van der Waals surface area contributed by atoms with Gasteiger partial charge in [0.2, 0.25) is 0 Å². The van der Waals surface area contributed by atoms with Crippen LogP contribution >= 0.6 is 0 Å². The van der Waals surface area contributed by atoms with Gasteiger partial charge in [0.25, 0.3) is 10.0 Å². The topological polar surface area (TPSA) is 64.0 Å². The minimum absolute atomic E-state index is 0.143. The van der Waals surface area contributed by atoms with Gasteiger partial charge >= 0.3 is 6.18 Å². The third-order valence-corrected chi connectivity index (χ3v) is 5.42. The Hall–Kier alpha value is -2.88. The molecule has 0 atom stereocenters. The fourth-order valence-corrected chi connectivity index (χ4v) is 3.76. The van der Waals surface area contributed by atoms with Gasteiger partial charge in [-0.15, -0.1) is 0 Å². The summed E-state index contributed by atoms with van der Waals surface area (Å²) < 4.78 is 82.6. The van der Waals surface area contributed by atoms with Crippen molar-refractivity contribution in [2.24, 2.45) is 7.05 Å². The van der Waals surface area contributed by atoms with Crippen molar-refractivity contribution in [2.45, 2.75) is 18.0 Å². The first-order valence-electron chi connectivity index (χ1n) is 7.99. The molecule has 5 nitrogen and oxygen atoms in total. The Balaban J connectivity index is 2.21. The summed E-state index contributed by atoms with van der Waals surface area (Å²) in [6, 6.07) is 10.7. The van der Waals surface area contributed by atoms with E-state index in [0.717, 1.165) is 13.1 Å². The van der Waals surface area contributed by atoms with Crippen LogP contribution in [0.3, 0.4) is 0 Å². The number of alkyl halides is 3. The molecule has 0 saturated carbocycles. The fraction of sp³-hybridized carbons (Fsp3) is 0.167. The van der Waals surface area contributed by atoms with Gasteiger partial charge in [0.15, 0.2) is 11.5 Å². The average Bonchev–Trinajstić information content (AvgIpc) is 2.93. The van der Waals surface area contributed by atoms with Crippen molar-refractivity contribution in [2.75, 3.05) is 4.72 Å². The van der Waals surface area contributed by atoms with Gasteiger partial charge in [0.05, 0.1) is 10.5 Å². The van der Waals surface area contributed by atoms with Crippen molar-refractivity contribution in [3.05, 3.63) is 65.6 Å². The van der Waals surface area contributed by atoms with Gasteiger partial charge < -0.3 is 0 Å². The zero-order valence-corrected chi connectivity index (χ0v) is 15.6. The summed E-state index contributed by atoms with van der Waals surface area (Å²) in [5, 5.41) is 3.70. The SMILES string of the molecule is Cc1ccc(-c2c(NS(=O)(=O)c3ccccc3)nn(C)c2C(F)(F)F)cc1F. The molecule has 1 N–H and O–H groups in total. The van der Waals surface area contributed by atoms with Gasteiger partial charge in [0.1, 0.15) is 5.82 Å². The number of aromatic nitrogens is 2. The van der Waals surface area contributed by atoms with Gasteiger partial charge in [-0.25, -0.2) is 12.8 Å². The van der Waals surface area contributed by atoms with Crippen LogP contribution in [0.15, 0.2) is 53.4 Å². The van der Waals surface area contributed by atoms with Crippen molar-refractivity contribution in [1.29, 1.82) is 0 Å². The van der Waals surface area contributed by atoms with E-state index in [4.69, 9.17) is 0 Å². The molecule has 0 aliphatic rings. The van der Waals surface area contributed by atoms with Crippen molar-refractivity contribution < 1.29 is 26.0 Å². The van der Waals surface area contributed by atoms with Crippen LogP contribution in [-0.4, -0.2) is 18.2 Å². The second kappa shape index (κ2) is 6.93. The maximum atomic E-state index is 14.0. The number of sulfonamides is 1. The quantitative estimate of drug-likeness (QED) is 0.647. The molecule has 0 unspecified atom stereocenters. The minimum atomic E-state index is -4.84. The van der Waals surface area contributed by atoms with E-state index >= 15 is 0 Å². The zero-order chi connectivity index (χ0) is 20.7. The number of benzene rings is 2. The molecule has 1 aromatic heterocycles. The number of rotatable bonds is 4. The van der Waals surface area contributed by atoms with Crippen LogP contribution in [0.5, 0.6) is 0 Å². The molecule has 0 aliphatic carbocycles. The number of aryl methyl sites for hydroxylation is 2. The van der Waals surface area contributed by atoms with Crippen LogP contribution in [0.25, 0.3) is 11.1 Å². The molecule has 3 rings (SSSR count). The van der Waals surface area contributed by atoms with Gasteiger partial charge in [-0.1, -0.05) is 30.3 Å². The van der Waals surface area contributed by atoms with Crippen LogP contribution in [0.2, 0.25) is 0 Å². The highest BCUT2D eigenvalue weighted by atomic mass is 32.2. The van der Waals surface area contributed by atoms with E-state index in [0.29, 0.717) is 4.68 Å². The first-order valence-corrected chi connectivity index (χ1v) is 9.47. The molecular weight excluding hydrogens is 398 g/mol. The summed E-state index contributed by atoms with van der Waals surface area (Å²) in [5.41, 5.74) is -1.64. The lowest BCUT2D eigenvalue weighted by Crippen LogP contribution is -2.14. The predicted octanol–water partition coefficient (Wildman–Crippen LogP) is 4.35. The molecule has 2 aromatic carbocycles. The molecule has 10 heteroatoms. The maximum absolute atomic E-state index is 14.0. The first kappa shape index (κ1) is 19.9. The van der Waals surface area contributed by atoms with Crippen molar-refractivity contribution in [3.8, 4) is 11.1 Å². The third kappa shape index (κ3) is 3.72. The van der Waals surface area contributed by atoms with Gasteiger partial charge in [-0.05, 0) is 36.2 Å². The van der Waals surface area contributed by atoms with E-state index in [1.54, 1.807) is 6.07 Å². The molecular formula is C18H15F4N3O2S. The summed E-state index contributed by atoms with van der Waals surface area (Å²) in [7, 11) is -3.16. The molecule has 0 amide bonds. The fourth-order valence-electron chi connectivity index (χ4n) is 2.73. The highest BCUT2D eigenvalue weighted by Crippen LogP contribution is 2.41.